The first-order valence-corrected chi connectivity index (χ1v) is 6.23. The molecule has 0 unspecified atom stereocenters. The van der Waals surface area contributed by atoms with E-state index in [9.17, 15) is 0 Å². The summed E-state index contributed by atoms with van der Waals surface area (Å²) < 4.78 is 10.6. The molecule has 0 saturated carbocycles. The SMILES string of the molecule is COc1cc(OC)cc(-c2ccc3ncncc3c2)c1. The van der Waals surface area contributed by atoms with Crippen LogP contribution < -0.4 is 9.47 Å². The molecule has 0 amide bonds. The van der Waals surface area contributed by atoms with Gasteiger partial charge in [-0.25, -0.2) is 9.97 Å². The number of methoxy groups -OCH3 is 2. The predicted octanol–water partition coefficient (Wildman–Crippen LogP) is 3.31. The molecular formula is C16H14N2O2. The van der Waals surface area contributed by atoms with Crippen molar-refractivity contribution in [3.63, 3.8) is 0 Å². The molecule has 1 aromatic heterocycles. The molecule has 0 aliphatic rings. The van der Waals surface area contributed by atoms with Crippen molar-refractivity contribution in [3.8, 4) is 22.6 Å². The van der Waals surface area contributed by atoms with E-state index in [-0.39, 0.29) is 0 Å². The molecule has 0 radical (unpaired) electrons. The number of ether oxygens (including phenoxy) is 2. The minimum atomic E-state index is 0.767. The molecule has 2 aromatic carbocycles. The van der Waals surface area contributed by atoms with Gasteiger partial charge in [-0.15, -0.1) is 0 Å². The van der Waals surface area contributed by atoms with E-state index < -0.39 is 0 Å². The van der Waals surface area contributed by atoms with Crippen LogP contribution in [0.25, 0.3) is 22.0 Å². The van der Waals surface area contributed by atoms with Crippen LogP contribution in [-0.4, -0.2) is 24.2 Å². The Bertz CT molecular complexity index is 734. The summed E-state index contributed by atoms with van der Waals surface area (Å²) in [6, 6.07) is 11.9. The molecule has 4 heteroatoms. The fraction of sp³-hybridized carbons (Fsp3) is 0.125. The third-order valence-corrected chi connectivity index (χ3v) is 3.19. The lowest BCUT2D eigenvalue weighted by Gasteiger charge is -2.09. The summed E-state index contributed by atoms with van der Waals surface area (Å²) in [4.78, 5) is 8.28. The Hall–Kier alpha value is -2.62. The van der Waals surface area contributed by atoms with Crippen LogP contribution in [-0.2, 0) is 0 Å². The van der Waals surface area contributed by atoms with Gasteiger partial charge in [0.25, 0.3) is 0 Å². The van der Waals surface area contributed by atoms with Gasteiger partial charge in [0.15, 0.2) is 0 Å². The molecule has 3 rings (SSSR count). The first-order chi connectivity index (χ1) is 9.80. The number of benzene rings is 2. The molecule has 20 heavy (non-hydrogen) atoms. The van der Waals surface area contributed by atoms with Crippen molar-refractivity contribution in [1.82, 2.24) is 9.97 Å². The lowest BCUT2D eigenvalue weighted by molar-refractivity contribution is 0.394. The minimum absolute atomic E-state index is 0.767. The highest BCUT2D eigenvalue weighted by Gasteiger charge is 2.05. The highest BCUT2D eigenvalue weighted by atomic mass is 16.5. The molecule has 0 aliphatic heterocycles. The van der Waals surface area contributed by atoms with Crippen LogP contribution in [0.15, 0.2) is 48.9 Å². The number of nitrogens with zero attached hydrogens (tertiary/aromatic N) is 2. The largest absolute Gasteiger partial charge is 0.497 e. The van der Waals surface area contributed by atoms with E-state index in [2.05, 4.69) is 16.0 Å². The van der Waals surface area contributed by atoms with Gasteiger partial charge in [-0.05, 0) is 35.4 Å². The van der Waals surface area contributed by atoms with Gasteiger partial charge in [0, 0.05) is 17.6 Å². The quantitative estimate of drug-likeness (QED) is 0.729. The minimum Gasteiger partial charge on any atom is -0.497 e. The van der Waals surface area contributed by atoms with Crippen LogP contribution in [0.3, 0.4) is 0 Å². The zero-order valence-electron chi connectivity index (χ0n) is 11.3. The van der Waals surface area contributed by atoms with Crippen molar-refractivity contribution in [1.29, 1.82) is 0 Å². The van der Waals surface area contributed by atoms with Crippen molar-refractivity contribution >= 4 is 10.9 Å². The maximum atomic E-state index is 5.30. The van der Waals surface area contributed by atoms with Gasteiger partial charge in [-0.3, -0.25) is 0 Å². The van der Waals surface area contributed by atoms with Crippen LogP contribution in [0.2, 0.25) is 0 Å². The van der Waals surface area contributed by atoms with E-state index in [1.165, 1.54) is 0 Å². The molecule has 0 aliphatic carbocycles. The summed E-state index contributed by atoms with van der Waals surface area (Å²) in [5.74, 6) is 1.53. The lowest BCUT2D eigenvalue weighted by atomic mass is 10.0. The maximum Gasteiger partial charge on any atom is 0.123 e. The fourth-order valence-electron chi connectivity index (χ4n) is 2.14. The van der Waals surface area contributed by atoms with Crippen LogP contribution in [0, 0.1) is 0 Å². The topological polar surface area (TPSA) is 44.2 Å². The normalized spacial score (nSPS) is 10.5. The molecule has 3 aromatic rings. The summed E-state index contributed by atoms with van der Waals surface area (Å²) in [7, 11) is 3.29. The number of aromatic nitrogens is 2. The Kier molecular flexibility index (Phi) is 3.21. The van der Waals surface area contributed by atoms with E-state index in [4.69, 9.17) is 9.47 Å². The van der Waals surface area contributed by atoms with Crippen molar-refractivity contribution in [2.24, 2.45) is 0 Å². The van der Waals surface area contributed by atoms with Gasteiger partial charge in [-0.1, -0.05) is 6.07 Å². The van der Waals surface area contributed by atoms with Gasteiger partial charge in [0.1, 0.15) is 17.8 Å². The van der Waals surface area contributed by atoms with Crippen LogP contribution >= 0.6 is 0 Å². The van der Waals surface area contributed by atoms with E-state index in [0.29, 0.717) is 0 Å². The number of fused-ring (bicyclic) bond motifs is 1. The molecule has 1 heterocycles. The van der Waals surface area contributed by atoms with Gasteiger partial charge in [0.05, 0.1) is 19.7 Å². The van der Waals surface area contributed by atoms with Gasteiger partial charge < -0.3 is 9.47 Å². The molecule has 0 fully saturated rings. The lowest BCUT2D eigenvalue weighted by Crippen LogP contribution is -1.89. The Labute approximate surface area is 117 Å². The molecule has 0 saturated heterocycles. The molecule has 0 bridgehead atoms. The summed E-state index contributed by atoms with van der Waals surface area (Å²) in [5, 5.41) is 1.01. The van der Waals surface area contributed by atoms with Crippen LogP contribution in [0.5, 0.6) is 11.5 Å². The van der Waals surface area contributed by atoms with Crippen molar-refractivity contribution in [2.75, 3.05) is 14.2 Å². The molecule has 0 spiro atoms. The first kappa shape index (κ1) is 12.4. The Morgan fingerprint density at radius 3 is 2.30 bits per heavy atom. The van der Waals surface area contributed by atoms with E-state index in [1.54, 1.807) is 20.5 Å². The van der Waals surface area contributed by atoms with E-state index in [0.717, 1.165) is 33.5 Å². The Balaban J connectivity index is 2.14. The third-order valence-electron chi connectivity index (χ3n) is 3.19. The highest BCUT2D eigenvalue weighted by molar-refractivity contribution is 5.84. The third kappa shape index (κ3) is 2.28. The summed E-state index contributed by atoms with van der Waals surface area (Å²) in [6.45, 7) is 0. The highest BCUT2D eigenvalue weighted by Crippen LogP contribution is 2.30. The molecule has 0 atom stereocenters. The second-order valence-electron chi connectivity index (χ2n) is 4.40. The molecule has 4 nitrogen and oxygen atoms in total. The van der Waals surface area contributed by atoms with Crippen LogP contribution in [0.1, 0.15) is 0 Å². The average Bonchev–Trinajstić information content (AvgIpc) is 2.53. The summed E-state index contributed by atoms with van der Waals surface area (Å²) >= 11 is 0. The van der Waals surface area contributed by atoms with Crippen molar-refractivity contribution < 1.29 is 9.47 Å². The Morgan fingerprint density at radius 1 is 0.850 bits per heavy atom. The summed E-state index contributed by atoms with van der Waals surface area (Å²) in [5.41, 5.74) is 3.04. The number of hydrogen-bond acceptors (Lipinski definition) is 4. The first-order valence-electron chi connectivity index (χ1n) is 6.23. The summed E-state index contributed by atoms with van der Waals surface area (Å²) in [6.07, 6.45) is 3.36. The number of hydrogen-bond donors (Lipinski definition) is 0. The number of rotatable bonds is 3. The fourth-order valence-corrected chi connectivity index (χ4v) is 2.14. The van der Waals surface area contributed by atoms with Gasteiger partial charge >= 0.3 is 0 Å². The zero-order valence-corrected chi connectivity index (χ0v) is 11.3. The van der Waals surface area contributed by atoms with Gasteiger partial charge in [0.2, 0.25) is 0 Å². The smallest absolute Gasteiger partial charge is 0.123 e. The Morgan fingerprint density at radius 2 is 1.60 bits per heavy atom. The predicted molar refractivity (Wildman–Crippen MR) is 78.1 cm³/mol. The standard InChI is InChI=1S/C16H14N2O2/c1-19-14-6-12(7-15(8-14)20-2)11-3-4-16-13(5-11)9-17-10-18-16/h3-10H,1-2H3. The molecule has 100 valence electrons. The molecular weight excluding hydrogens is 252 g/mol. The van der Waals surface area contributed by atoms with Gasteiger partial charge in [-0.2, -0.15) is 0 Å². The second kappa shape index (κ2) is 5.17. The average molecular weight is 266 g/mol. The second-order valence-corrected chi connectivity index (χ2v) is 4.40. The van der Waals surface area contributed by atoms with Crippen LogP contribution in [0.4, 0.5) is 0 Å². The maximum absolute atomic E-state index is 5.30. The zero-order chi connectivity index (χ0) is 13.9. The monoisotopic (exact) mass is 266 g/mol. The van der Waals surface area contributed by atoms with E-state index in [1.807, 2.05) is 36.5 Å². The van der Waals surface area contributed by atoms with Crippen molar-refractivity contribution in [2.45, 2.75) is 0 Å². The van der Waals surface area contributed by atoms with Crippen molar-refractivity contribution in [3.05, 3.63) is 48.9 Å². The van der Waals surface area contributed by atoms with E-state index >= 15 is 0 Å². The molecule has 0 N–H and O–H groups in total.